The van der Waals surface area contributed by atoms with Gasteiger partial charge in [0.05, 0.1) is 19.4 Å². The molecule has 1 aliphatic rings. The van der Waals surface area contributed by atoms with E-state index in [0.29, 0.717) is 54.5 Å². The van der Waals surface area contributed by atoms with Crippen molar-refractivity contribution in [2.75, 3.05) is 33.3 Å². The minimum absolute atomic E-state index is 0.0172. The van der Waals surface area contributed by atoms with Crippen LogP contribution in [0.25, 0.3) is 6.08 Å². The SMILES string of the molecule is COc1cc(C=CC(=O)N2CCN(Cc3ccc(COc4ccc(OC(C)C)cc4)cc3)CC2)ccc1Oc1ccc(OCc2ccccc2Cl)cn1. The molecule has 1 aliphatic heterocycles. The van der Waals surface area contributed by atoms with Crippen LogP contribution in [-0.2, 0) is 24.6 Å². The molecule has 2 heterocycles. The van der Waals surface area contributed by atoms with Crippen molar-refractivity contribution in [3.63, 3.8) is 0 Å². The van der Waals surface area contributed by atoms with Crippen LogP contribution in [-0.4, -0.2) is 60.1 Å². The van der Waals surface area contributed by atoms with Crippen LogP contribution in [0.1, 0.15) is 36.1 Å². The summed E-state index contributed by atoms with van der Waals surface area (Å²) in [6.45, 7) is 8.64. The molecule has 0 aliphatic carbocycles. The van der Waals surface area contributed by atoms with Gasteiger partial charge in [0.25, 0.3) is 0 Å². The highest BCUT2D eigenvalue weighted by molar-refractivity contribution is 6.31. The van der Waals surface area contributed by atoms with Crippen LogP contribution in [0.15, 0.2) is 115 Å². The Balaban J connectivity index is 0.929. The monoisotopic (exact) mass is 733 g/mol. The normalized spacial score (nSPS) is 13.3. The zero-order valence-electron chi connectivity index (χ0n) is 30.2. The molecule has 0 atom stereocenters. The maximum atomic E-state index is 13.1. The zero-order chi connectivity index (χ0) is 37.0. The first-order valence-electron chi connectivity index (χ1n) is 17.7. The van der Waals surface area contributed by atoms with Gasteiger partial charge in [0.2, 0.25) is 11.8 Å². The van der Waals surface area contributed by atoms with Crippen molar-refractivity contribution < 1.29 is 28.5 Å². The molecule has 0 bridgehead atoms. The second-order valence-corrected chi connectivity index (χ2v) is 13.3. The lowest BCUT2D eigenvalue weighted by Crippen LogP contribution is -2.47. The molecule has 1 amide bonds. The van der Waals surface area contributed by atoms with Crippen LogP contribution in [0.2, 0.25) is 5.02 Å². The summed E-state index contributed by atoms with van der Waals surface area (Å²) in [6.07, 6.45) is 5.15. The fourth-order valence-corrected chi connectivity index (χ4v) is 5.92. The zero-order valence-corrected chi connectivity index (χ0v) is 31.0. The molecule has 0 spiro atoms. The standard InChI is InChI=1S/C43H44ClN3O6/c1-31(2)52-37-16-14-36(15-17-37)50-29-34-10-8-33(9-11-34)28-46-22-24-47(25-23-46)43(48)21-13-32-12-19-40(41(26-32)49-3)53-42-20-18-38(27-45-42)51-30-35-6-4-5-7-39(35)44/h4-21,26-27,31H,22-25,28-30H2,1-3H3. The highest BCUT2D eigenvalue weighted by Gasteiger charge is 2.20. The Morgan fingerprint density at radius 3 is 2.19 bits per heavy atom. The van der Waals surface area contributed by atoms with Crippen LogP contribution in [0.5, 0.6) is 34.6 Å². The number of carbonyl (C=O) groups excluding carboxylic acids is 1. The Bertz CT molecular complexity index is 1960. The second-order valence-electron chi connectivity index (χ2n) is 12.9. The minimum Gasteiger partial charge on any atom is -0.493 e. The maximum Gasteiger partial charge on any atom is 0.246 e. The molecule has 6 rings (SSSR count). The molecule has 4 aromatic carbocycles. The van der Waals surface area contributed by atoms with Crippen molar-refractivity contribution in [3.8, 4) is 34.6 Å². The van der Waals surface area contributed by atoms with Gasteiger partial charge in [-0.2, -0.15) is 0 Å². The molecule has 10 heteroatoms. The molecule has 0 unspecified atom stereocenters. The lowest BCUT2D eigenvalue weighted by Gasteiger charge is -2.34. The molecule has 53 heavy (non-hydrogen) atoms. The van der Waals surface area contributed by atoms with E-state index in [9.17, 15) is 4.79 Å². The van der Waals surface area contributed by atoms with Gasteiger partial charge < -0.3 is 28.6 Å². The number of hydrogen-bond acceptors (Lipinski definition) is 8. The van der Waals surface area contributed by atoms with Gasteiger partial charge in [-0.15, -0.1) is 0 Å². The van der Waals surface area contributed by atoms with Crippen LogP contribution < -0.4 is 23.7 Å². The summed E-state index contributed by atoms with van der Waals surface area (Å²) in [4.78, 5) is 21.7. The van der Waals surface area contributed by atoms with Gasteiger partial charge >= 0.3 is 0 Å². The number of rotatable bonds is 15. The fourth-order valence-electron chi connectivity index (χ4n) is 5.73. The van der Waals surface area contributed by atoms with Crippen molar-refractivity contribution in [2.45, 2.75) is 39.7 Å². The number of ether oxygens (including phenoxy) is 5. The number of halogens is 1. The number of pyridine rings is 1. The van der Waals surface area contributed by atoms with Gasteiger partial charge in [-0.25, -0.2) is 4.98 Å². The van der Waals surface area contributed by atoms with E-state index in [1.165, 1.54) is 5.56 Å². The molecule has 5 aromatic rings. The van der Waals surface area contributed by atoms with Crippen LogP contribution in [0.4, 0.5) is 0 Å². The smallest absolute Gasteiger partial charge is 0.246 e. The Kier molecular flexibility index (Phi) is 12.9. The molecule has 0 saturated carbocycles. The Morgan fingerprint density at radius 2 is 1.49 bits per heavy atom. The number of hydrogen-bond donors (Lipinski definition) is 0. The Morgan fingerprint density at radius 1 is 0.792 bits per heavy atom. The summed E-state index contributed by atoms with van der Waals surface area (Å²) in [5.41, 5.74) is 4.06. The number of carbonyl (C=O) groups is 1. The number of amides is 1. The second kappa shape index (κ2) is 18.3. The molecule has 1 fully saturated rings. The van der Waals surface area contributed by atoms with Gasteiger partial charge in [-0.3, -0.25) is 9.69 Å². The van der Waals surface area contributed by atoms with Gasteiger partial charge in [-0.1, -0.05) is 60.1 Å². The summed E-state index contributed by atoms with van der Waals surface area (Å²) in [7, 11) is 1.58. The van der Waals surface area contributed by atoms with Crippen molar-refractivity contribution in [1.29, 1.82) is 0 Å². The summed E-state index contributed by atoms with van der Waals surface area (Å²) >= 11 is 6.22. The first kappa shape index (κ1) is 37.3. The topological polar surface area (TPSA) is 82.6 Å². The van der Waals surface area contributed by atoms with E-state index < -0.39 is 0 Å². The van der Waals surface area contributed by atoms with E-state index >= 15 is 0 Å². The van der Waals surface area contributed by atoms with Gasteiger partial charge in [-0.05, 0) is 85.1 Å². The summed E-state index contributed by atoms with van der Waals surface area (Å²) in [5.74, 6) is 3.65. The quantitative estimate of drug-likeness (QED) is 0.0988. The van der Waals surface area contributed by atoms with Gasteiger partial charge in [0, 0.05) is 55.5 Å². The Hall–Kier alpha value is -5.51. The van der Waals surface area contributed by atoms with Crippen molar-refractivity contribution in [3.05, 3.63) is 143 Å². The van der Waals surface area contributed by atoms with Crippen molar-refractivity contribution in [1.82, 2.24) is 14.8 Å². The third kappa shape index (κ3) is 11.0. The van der Waals surface area contributed by atoms with Gasteiger partial charge in [0.15, 0.2) is 11.5 Å². The molecular formula is C43H44ClN3O6. The third-order valence-corrected chi connectivity index (χ3v) is 8.96. The van der Waals surface area contributed by atoms with Gasteiger partial charge in [0.1, 0.15) is 30.5 Å². The van der Waals surface area contributed by atoms with Crippen LogP contribution in [0.3, 0.4) is 0 Å². The van der Waals surface area contributed by atoms with E-state index in [-0.39, 0.29) is 12.0 Å². The average molecular weight is 734 g/mol. The van der Waals surface area contributed by atoms with E-state index in [0.717, 1.165) is 47.8 Å². The average Bonchev–Trinajstić information content (AvgIpc) is 3.18. The number of methoxy groups -OCH3 is 1. The predicted molar refractivity (Wildman–Crippen MR) is 207 cm³/mol. The van der Waals surface area contributed by atoms with E-state index in [2.05, 4.69) is 34.1 Å². The van der Waals surface area contributed by atoms with Crippen molar-refractivity contribution >= 4 is 23.6 Å². The third-order valence-electron chi connectivity index (χ3n) is 8.60. The fraction of sp³-hybridized carbons (Fsp3) is 0.256. The summed E-state index contributed by atoms with van der Waals surface area (Å²) in [6, 6.07) is 32.8. The molecule has 0 N–H and O–H groups in total. The largest absolute Gasteiger partial charge is 0.493 e. The summed E-state index contributed by atoms with van der Waals surface area (Å²) < 4.78 is 29.0. The van der Waals surface area contributed by atoms with E-state index in [1.807, 2.05) is 79.4 Å². The molecule has 1 saturated heterocycles. The highest BCUT2D eigenvalue weighted by Crippen LogP contribution is 2.32. The maximum absolute atomic E-state index is 13.1. The predicted octanol–water partition coefficient (Wildman–Crippen LogP) is 8.84. The minimum atomic E-state index is -0.0172. The number of benzene rings is 4. The van der Waals surface area contributed by atoms with Crippen LogP contribution in [0, 0.1) is 0 Å². The summed E-state index contributed by atoms with van der Waals surface area (Å²) in [5, 5.41) is 0.654. The molecule has 1 aromatic heterocycles. The first-order chi connectivity index (χ1) is 25.8. The van der Waals surface area contributed by atoms with E-state index in [4.69, 9.17) is 35.3 Å². The molecule has 9 nitrogen and oxygen atoms in total. The number of aromatic nitrogens is 1. The highest BCUT2D eigenvalue weighted by atomic mass is 35.5. The lowest BCUT2D eigenvalue weighted by molar-refractivity contribution is -0.127. The first-order valence-corrected chi connectivity index (χ1v) is 18.0. The van der Waals surface area contributed by atoms with E-state index in [1.54, 1.807) is 43.7 Å². The van der Waals surface area contributed by atoms with Crippen molar-refractivity contribution in [2.24, 2.45) is 0 Å². The molecule has 0 radical (unpaired) electrons. The molecular weight excluding hydrogens is 690 g/mol. The molecule has 274 valence electrons. The van der Waals surface area contributed by atoms with Crippen LogP contribution >= 0.6 is 11.6 Å². The lowest BCUT2D eigenvalue weighted by atomic mass is 10.1. The Labute approximate surface area is 316 Å². The number of piperazine rings is 1. The number of nitrogens with zero attached hydrogens (tertiary/aromatic N) is 3.